The summed E-state index contributed by atoms with van der Waals surface area (Å²) >= 11 is 3.58. The molecule has 1 saturated carbocycles. The third kappa shape index (κ3) is 5.04. The molecule has 0 radical (unpaired) electrons. The van der Waals surface area contributed by atoms with E-state index in [1.54, 1.807) is 11.3 Å². The Balaban J connectivity index is 1.24. The standard InChI is InChI=1S/C23H28N2O2S2/c1-16(2)29-18-7-5-17(6-8-18)14-22(26)24-9-11-25(12-10-24)23(27)20-15-19(20)21-4-3-13-28-21/h3-8,13,16,19-20H,9-12,14-15H2,1-2H3/t19-,20-/m0/s1. The molecule has 1 aromatic carbocycles. The van der Waals surface area contributed by atoms with Crippen LogP contribution in [0.3, 0.4) is 0 Å². The molecule has 0 N–H and O–H groups in total. The molecule has 154 valence electrons. The van der Waals surface area contributed by atoms with Crippen molar-refractivity contribution in [3.63, 3.8) is 0 Å². The molecule has 1 aliphatic heterocycles. The fourth-order valence-electron chi connectivity index (χ4n) is 3.94. The average Bonchev–Trinajstić information content (AvgIpc) is 3.33. The zero-order chi connectivity index (χ0) is 20.4. The summed E-state index contributed by atoms with van der Waals surface area (Å²) in [4.78, 5) is 31.9. The van der Waals surface area contributed by atoms with Gasteiger partial charge in [-0.2, -0.15) is 0 Å². The minimum Gasteiger partial charge on any atom is -0.339 e. The van der Waals surface area contributed by atoms with Crippen molar-refractivity contribution in [2.24, 2.45) is 5.92 Å². The van der Waals surface area contributed by atoms with E-state index in [9.17, 15) is 9.59 Å². The second-order valence-corrected chi connectivity index (χ2v) is 10.8. The van der Waals surface area contributed by atoms with Crippen molar-refractivity contribution >= 4 is 34.9 Å². The highest BCUT2D eigenvalue weighted by molar-refractivity contribution is 7.99. The molecule has 2 fully saturated rings. The molecule has 1 aliphatic carbocycles. The van der Waals surface area contributed by atoms with Crippen LogP contribution in [0, 0.1) is 5.92 Å². The largest absolute Gasteiger partial charge is 0.339 e. The van der Waals surface area contributed by atoms with Gasteiger partial charge in [0.25, 0.3) is 0 Å². The molecule has 29 heavy (non-hydrogen) atoms. The van der Waals surface area contributed by atoms with Gasteiger partial charge in [0.2, 0.25) is 11.8 Å². The van der Waals surface area contributed by atoms with Crippen LogP contribution < -0.4 is 0 Å². The van der Waals surface area contributed by atoms with Crippen LogP contribution in [0.15, 0.2) is 46.7 Å². The van der Waals surface area contributed by atoms with E-state index >= 15 is 0 Å². The van der Waals surface area contributed by atoms with Gasteiger partial charge in [0.05, 0.1) is 6.42 Å². The third-order valence-electron chi connectivity index (χ3n) is 5.61. The molecule has 0 bridgehead atoms. The van der Waals surface area contributed by atoms with E-state index in [-0.39, 0.29) is 17.7 Å². The minimum absolute atomic E-state index is 0.151. The van der Waals surface area contributed by atoms with Gasteiger partial charge in [-0.05, 0) is 35.6 Å². The number of carbonyl (C=O) groups is 2. The molecule has 0 spiro atoms. The number of hydrogen-bond donors (Lipinski definition) is 0. The number of nitrogens with zero attached hydrogens (tertiary/aromatic N) is 2. The molecule has 6 heteroatoms. The van der Waals surface area contributed by atoms with Gasteiger partial charge in [-0.25, -0.2) is 0 Å². The molecule has 2 heterocycles. The van der Waals surface area contributed by atoms with E-state index in [0.29, 0.717) is 43.8 Å². The Hall–Kier alpha value is -1.79. The van der Waals surface area contributed by atoms with Crippen molar-refractivity contribution in [3.05, 3.63) is 52.2 Å². The Morgan fingerprint density at radius 2 is 1.76 bits per heavy atom. The number of amides is 2. The van der Waals surface area contributed by atoms with Crippen molar-refractivity contribution in [1.29, 1.82) is 0 Å². The maximum Gasteiger partial charge on any atom is 0.227 e. The monoisotopic (exact) mass is 428 g/mol. The number of benzene rings is 1. The Morgan fingerprint density at radius 1 is 1.07 bits per heavy atom. The number of rotatable bonds is 6. The summed E-state index contributed by atoms with van der Waals surface area (Å²) in [6, 6.07) is 12.5. The van der Waals surface area contributed by atoms with Crippen LogP contribution in [0.4, 0.5) is 0 Å². The van der Waals surface area contributed by atoms with E-state index in [1.165, 1.54) is 9.77 Å². The lowest BCUT2D eigenvalue weighted by atomic mass is 10.1. The first-order chi connectivity index (χ1) is 14.0. The third-order valence-corrected chi connectivity index (χ3v) is 7.63. The topological polar surface area (TPSA) is 40.6 Å². The predicted octanol–water partition coefficient (Wildman–Crippen LogP) is 4.27. The van der Waals surface area contributed by atoms with Crippen LogP contribution in [0.1, 0.15) is 36.6 Å². The fourth-order valence-corrected chi connectivity index (χ4v) is 5.68. The normalized spacial score (nSPS) is 21.5. The second kappa shape index (κ2) is 8.92. The highest BCUT2D eigenvalue weighted by Gasteiger charge is 2.46. The molecule has 4 nitrogen and oxygen atoms in total. The van der Waals surface area contributed by atoms with E-state index < -0.39 is 0 Å². The van der Waals surface area contributed by atoms with Crippen molar-refractivity contribution in [3.8, 4) is 0 Å². The first-order valence-electron chi connectivity index (χ1n) is 10.4. The first kappa shape index (κ1) is 20.5. The van der Waals surface area contributed by atoms with Crippen LogP contribution in [-0.4, -0.2) is 53.0 Å². The second-order valence-electron chi connectivity index (χ2n) is 8.16. The Bertz CT molecular complexity index is 840. The molecular weight excluding hydrogens is 400 g/mol. The highest BCUT2D eigenvalue weighted by atomic mass is 32.2. The Labute approximate surface area is 181 Å². The number of thioether (sulfide) groups is 1. The van der Waals surface area contributed by atoms with Gasteiger partial charge < -0.3 is 9.80 Å². The zero-order valence-electron chi connectivity index (χ0n) is 17.0. The molecule has 2 amide bonds. The van der Waals surface area contributed by atoms with E-state index in [1.807, 2.05) is 21.6 Å². The van der Waals surface area contributed by atoms with Gasteiger partial charge >= 0.3 is 0 Å². The number of hydrogen-bond acceptors (Lipinski definition) is 4. The quantitative estimate of drug-likeness (QED) is 0.646. The summed E-state index contributed by atoms with van der Waals surface area (Å²) in [6.07, 6.45) is 1.41. The lowest BCUT2D eigenvalue weighted by molar-refractivity contribution is -0.140. The Morgan fingerprint density at radius 3 is 2.38 bits per heavy atom. The smallest absolute Gasteiger partial charge is 0.227 e. The summed E-state index contributed by atoms with van der Waals surface area (Å²) in [6.45, 7) is 6.95. The highest BCUT2D eigenvalue weighted by Crippen LogP contribution is 2.50. The van der Waals surface area contributed by atoms with E-state index in [0.717, 1.165) is 12.0 Å². The minimum atomic E-state index is 0.151. The molecule has 1 saturated heterocycles. The lowest BCUT2D eigenvalue weighted by Crippen LogP contribution is -2.51. The average molecular weight is 429 g/mol. The van der Waals surface area contributed by atoms with Crippen LogP contribution in [0.25, 0.3) is 0 Å². The molecule has 2 aliphatic rings. The van der Waals surface area contributed by atoms with Gasteiger partial charge in [0.1, 0.15) is 0 Å². The van der Waals surface area contributed by atoms with Gasteiger partial charge in [0.15, 0.2) is 0 Å². The lowest BCUT2D eigenvalue weighted by Gasteiger charge is -2.35. The van der Waals surface area contributed by atoms with Gasteiger partial charge in [0, 0.05) is 53.0 Å². The van der Waals surface area contributed by atoms with Crippen molar-refractivity contribution in [2.45, 2.75) is 42.8 Å². The molecule has 1 aromatic heterocycles. The van der Waals surface area contributed by atoms with Gasteiger partial charge in [-0.1, -0.05) is 32.0 Å². The summed E-state index contributed by atoms with van der Waals surface area (Å²) in [5.41, 5.74) is 1.05. The zero-order valence-corrected chi connectivity index (χ0v) is 18.7. The van der Waals surface area contributed by atoms with Gasteiger partial charge in [-0.3, -0.25) is 9.59 Å². The summed E-state index contributed by atoms with van der Waals surface area (Å²) in [5.74, 6) is 0.995. The fraction of sp³-hybridized carbons (Fsp3) is 0.478. The van der Waals surface area contributed by atoms with Crippen LogP contribution in [0.5, 0.6) is 0 Å². The molecule has 0 unspecified atom stereocenters. The Kier molecular flexibility index (Phi) is 6.30. The van der Waals surface area contributed by atoms with E-state index in [2.05, 4.69) is 55.6 Å². The van der Waals surface area contributed by atoms with Crippen molar-refractivity contribution < 1.29 is 9.59 Å². The molecular formula is C23H28N2O2S2. The summed E-state index contributed by atoms with van der Waals surface area (Å²) in [5, 5.41) is 2.63. The summed E-state index contributed by atoms with van der Waals surface area (Å²) < 4.78 is 0. The van der Waals surface area contributed by atoms with Crippen LogP contribution in [0.2, 0.25) is 0 Å². The van der Waals surface area contributed by atoms with Crippen molar-refractivity contribution in [2.75, 3.05) is 26.2 Å². The number of carbonyl (C=O) groups excluding carboxylic acids is 2. The predicted molar refractivity (Wildman–Crippen MR) is 119 cm³/mol. The maximum absolute atomic E-state index is 12.8. The molecule has 2 aromatic rings. The molecule has 4 rings (SSSR count). The van der Waals surface area contributed by atoms with E-state index in [4.69, 9.17) is 0 Å². The number of piperazine rings is 1. The molecule has 2 atom stereocenters. The first-order valence-corrected chi connectivity index (χ1v) is 12.1. The van der Waals surface area contributed by atoms with Crippen molar-refractivity contribution in [1.82, 2.24) is 9.80 Å². The SMILES string of the molecule is CC(C)Sc1ccc(CC(=O)N2CCN(C(=O)[C@H]3C[C@@H]3c3cccs3)CC2)cc1. The van der Waals surface area contributed by atoms with Crippen LogP contribution >= 0.6 is 23.1 Å². The maximum atomic E-state index is 12.8. The van der Waals surface area contributed by atoms with Gasteiger partial charge in [-0.15, -0.1) is 23.1 Å². The number of thiophene rings is 1. The summed E-state index contributed by atoms with van der Waals surface area (Å²) in [7, 11) is 0. The van der Waals surface area contributed by atoms with Crippen LogP contribution in [-0.2, 0) is 16.0 Å².